The summed E-state index contributed by atoms with van der Waals surface area (Å²) in [4.78, 5) is 18.9. The summed E-state index contributed by atoms with van der Waals surface area (Å²) in [5.74, 6) is 1.52. The third-order valence-corrected chi connectivity index (χ3v) is 4.77. The van der Waals surface area contributed by atoms with Crippen molar-refractivity contribution in [3.8, 4) is 17.6 Å². The van der Waals surface area contributed by atoms with Crippen molar-refractivity contribution in [2.75, 3.05) is 24.7 Å². The summed E-state index contributed by atoms with van der Waals surface area (Å²) in [6.07, 6.45) is 4.65. The second-order valence-electron chi connectivity index (χ2n) is 6.46. The van der Waals surface area contributed by atoms with Crippen LogP contribution in [0.2, 0.25) is 0 Å². The van der Waals surface area contributed by atoms with Crippen LogP contribution in [-0.4, -0.2) is 30.6 Å². The smallest absolute Gasteiger partial charge is 0.230 e. The third kappa shape index (κ3) is 3.21. The molecule has 1 aromatic carbocycles. The van der Waals surface area contributed by atoms with Crippen LogP contribution in [0.25, 0.3) is 0 Å². The highest BCUT2D eigenvalue weighted by atomic mass is 16.6. The Morgan fingerprint density at radius 3 is 2.88 bits per heavy atom. The van der Waals surface area contributed by atoms with Gasteiger partial charge in [-0.15, -0.1) is 0 Å². The standard InChI is InChI=1S/C20H19N3O3/c21-6-2-8-23(15-4-5-18-19(11-15)26-10-9-25-18)20(24)17-12-16(17)14-3-1-7-22-13-14/h1,3-5,7,11,13,16-17H,2,8-10,12H2/t16-,17+/m1/s1. The SMILES string of the molecule is N#CCCN(C(=O)[C@H]1C[C@@H]1c1cccnc1)c1ccc2c(c1)OCCO2. The van der Waals surface area contributed by atoms with E-state index in [4.69, 9.17) is 14.7 Å². The van der Waals surface area contributed by atoms with E-state index in [9.17, 15) is 4.79 Å². The first-order valence-corrected chi connectivity index (χ1v) is 8.76. The molecule has 2 aromatic rings. The maximum Gasteiger partial charge on any atom is 0.230 e. The van der Waals surface area contributed by atoms with Gasteiger partial charge >= 0.3 is 0 Å². The molecule has 2 heterocycles. The van der Waals surface area contributed by atoms with Crippen LogP contribution in [-0.2, 0) is 4.79 Å². The highest BCUT2D eigenvalue weighted by Crippen LogP contribution is 2.49. The molecule has 0 bridgehead atoms. The van der Waals surface area contributed by atoms with Gasteiger partial charge in [0.1, 0.15) is 13.2 Å². The molecular weight excluding hydrogens is 330 g/mol. The van der Waals surface area contributed by atoms with Gasteiger partial charge < -0.3 is 14.4 Å². The number of carbonyl (C=O) groups is 1. The average Bonchev–Trinajstić information content (AvgIpc) is 3.49. The van der Waals surface area contributed by atoms with Crippen LogP contribution in [0, 0.1) is 17.2 Å². The van der Waals surface area contributed by atoms with Crippen LogP contribution in [0.3, 0.4) is 0 Å². The fourth-order valence-electron chi connectivity index (χ4n) is 3.36. The maximum absolute atomic E-state index is 13.1. The number of hydrogen-bond acceptors (Lipinski definition) is 5. The van der Waals surface area contributed by atoms with Crippen molar-refractivity contribution in [2.24, 2.45) is 5.92 Å². The zero-order chi connectivity index (χ0) is 17.9. The van der Waals surface area contributed by atoms with E-state index >= 15 is 0 Å². The van der Waals surface area contributed by atoms with Crippen LogP contribution in [0.5, 0.6) is 11.5 Å². The summed E-state index contributed by atoms with van der Waals surface area (Å²) in [6.45, 7) is 1.39. The molecule has 1 saturated carbocycles. The first kappa shape index (κ1) is 16.4. The fourth-order valence-corrected chi connectivity index (χ4v) is 3.36. The molecule has 0 N–H and O–H groups in total. The lowest BCUT2D eigenvalue weighted by molar-refractivity contribution is -0.119. The van der Waals surface area contributed by atoms with Crippen molar-refractivity contribution < 1.29 is 14.3 Å². The Kier molecular flexibility index (Phi) is 4.44. The highest BCUT2D eigenvalue weighted by molar-refractivity contribution is 5.97. The van der Waals surface area contributed by atoms with E-state index in [1.54, 1.807) is 11.1 Å². The van der Waals surface area contributed by atoms with E-state index in [1.807, 2.05) is 36.5 Å². The molecule has 132 valence electrons. The number of aromatic nitrogens is 1. The number of pyridine rings is 1. The van der Waals surface area contributed by atoms with E-state index < -0.39 is 0 Å². The predicted molar refractivity (Wildman–Crippen MR) is 95.1 cm³/mol. The molecule has 1 aromatic heterocycles. The van der Waals surface area contributed by atoms with Crippen LogP contribution < -0.4 is 14.4 Å². The number of anilines is 1. The Hall–Kier alpha value is -3.07. The Morgan fingerprint density at radius 1 is 1.27 bits per heavy atom. The van der Waals surface area contributed by atoms with Crippen LogP contribution in [0.4, 0.5) is 5.69 Å². The molecule has 26 heavy (non-hydrogen) atoms. The van der Waals surface area contributed by atoms with Gasteiger partial charge in [0.2, 0.25) is 5.91 Å². The summed E-state index contributed by atoms with van der Waals surface area (Å²) in [7, 11) is 0. The highest BCUT2D eigenvalue weighted by Gasteiger charge is 2.46. The lowest BCUT2D eigenvalue weighted by Crippen LogP contribution is -2.33. The van der Waals surface area contributed by atoms with Crippen LogP contribution in [0.15, 0.2) is 42.7 Å². The normalized spacial score (nSPS) is 20.1. The van der Waals surface area contributed by atoms with Crippen LogP contribution in [0.1, 0.15) is 24.3 Å². The summed E-state index contributed by atoms with van der Waals surface area (Å²) in [5, 5.41) is 8.98. The predicted octanol–water partition coefficient (Wildman–Crippen LogP) is 2.90. The molecule has 0 radical (unpaired) electrons. The molecule has 1 amide bonds. The summed E-state index contributed by atoms with van der Waals surface area (Å²) in [6, 6.07) is 11.5. The summed E-state index contributed by atoms with van der Waals surface area (Å²) < 4.78 is 11.2. The molecule has 1 fully saturated rings. The van der Waals surface area contributed by atoms with E-state index in [0.717, 1.165) is 17.7 Å². The maximum atomic E-state index is 13.1. The second-order valence-corrected chi connectivity index (χ2v) is 6.46. The van der Waals surface area contributed by atoms with E-state index in [-0.39, 0.29) is 24.2 Å². The minimum absolute atomic E-state index is 0.0470. The quantitative estimate of drug-likeness (QED) is 0.830. The number of benzene rings is 1. The van der Waals surface area contributed by atoms with Crippen molar-refractivity contribution in [1.29, 1.82) is 5.26 Å². The van der Waals surface area contributed by atoms with Gasteiger partial charge in [0.05, 0.1) is 12.5 Å². The van der Waals surface area contributed by atoms with Gasteiger partial charge in [0, 0.05) is 36.6 Å². The molecular formula is C20H19N3O3. The van der Waals surface area contributed by atoms with Gasteiger partial charge in [0.25, 0.3) is 0 Å². The molecule has 4 rings (SSSR count). The van der Waals surface area contributed by atoms with Gasteiger partial charge in [-0.05, 0) is 36.1 Å². The topological polar surface area (TPSA) is 75.5 Å². The zero-order valence-electron chi connectivity index (χ0n) is 14.3. The first-order valence-electron chi connectivity index (χ1n) is 8.76. The van der Waals surface area contributed by atoms with Gasteiger partial charge in [-0.25, -0.2) is 0 Å². The molecule has 1 aliphatic heterocycles. The Balaban J connectivity index is 1.55. The molecule has 0 saturated heterocycles. The molecule has 6 nitrogen and oxygen atoms in total. The summed E-state index contributed by atoms with van der Waals surface area (Å²) in [5.41, 5.74) is 1.83. The molecule has 0 unspecified atom stereocenters. The number of carbonyl (C=O) groups excluding carboxylic acids is 1. The van der Waals surface area contributed by atoms with Crippen molar-refractivity contribution in [3.05, 3.63) is 48.3 Å². The fraction of sp³-hybridized carbons (Fsp3) is 0.350. The first-order chi connectivity index (χ1) is 12.8. The molecule has 0 spiro atoms. The number of ether oxygens (including phenoxy) is 2. The van der Waals surface area contributed by atoms with Gasteiger partial charge in [0.15, 0.2) is 11.5 Å². The number of hydrogen-bond donors (Lipinski definition) is 0. The lowest BCUT2D eigenvalue weighted by Gasteiger charge is -2.25. The van der Waals surface area contributed by atoms with Gasteiger partial charge in [-0.3, -0.25) is 9.78 Å². The Labute approximate surface area is 152 Å². The molecule has 2 atom stereocenters. The van der Waals surface area contributed by atoms with Crippen molar-refractivity contribution in [2.45, 2.75) is 18.8 Å². The largest absolute Gasteiger partial charge is 0.486 e. The van der Waals surface area contributed by atoms with E-state index in [0.29, 0.717) is 31.3 Å². The minimum Gasteiger partial charge on any atom is -0.486 e. The van der Waals surface area contributed by atoms with Crippen LogP contribution >= 0.6 is 0 Å². The molecule has 2 aliphatic rings. The number of rotatable bonds is 5. The second kappa shape index (κ2) is 7.04. The lowest BCUT2D eigenvalue weighted by atomic mass is 10.1. The Morgan fingerprint density at radius 2 is 2.12 bits per heavy atom. The minimum atomic E-state index is -0.0638. The number of nitriles is 1. The van der Waals surface area contributed by atoms with Crippen molar-refractivity contribution in [3.63, 3.8) is 0 Å². The average molecular weight is 349 g/mol. The molecule has 6 heteroatoms. The number of fused-ring (bicyclic) bond motifs is 1. The van der Waals surface area contributed by atoms with Gasteiger partial charge in [-0.2, -0.15) is 5.26 Å². The van der Waals surface area contributed by atoms with Crippen molar-refractivity contribution >= 4 is 11.6 Å². The third-order valence-electron chi connectivity index (χ3n) is 4.77. The zero-order valence-corrected chi connectivity index (χ0v) is 14.3. The van der Waals surface area contributed by atoms with E-state index in [2.05, 4.69) is 11.1 Å². The monoisotopic (exact) mass is 349 g/mol. The number of amides is 1. The summed E-state index contributed by atoms with van der Waals surface area (Å²) >= 11 is 0. The van der Waals surface area contributed by atoms with Gasteiger partial charge in [-0.1, -0.05) is 6.07 Å². The molecule has 1 aliphatic carbocycles. The Bertz CT molecular complexity index is 847. The van der Waals surface area contributed by atoms with E-state index in [1.165, 1.54) is 0 Å². The number of nitrogens with zero attached hydrogens (tertiary/aromatic N) is 3. The van der Waals surface area contributed by atoms with Crippen molar-refractivity contribution in [1.82, 2.24) is 4.98 Å².